The Morgan fingerprint density at radius 1 is 1.06 bits per heavy atom. The van der Waals surface area contributed by atoms with Crippen molar-refractivity contribution in [2.24, 2.45) is 0 Å². The van der Waals surface area contributed by atoms with Crippen LogP contribution in [-0.4, -0.2) is 51.3 Å². The second-order valence-electron chi connectivity index (χ2n) is 8.70. The number of aromatic nitrogens is 3. The minimum atomic E-state index is -0.0625. The molecule has 3 aromatic rings. The van der Waals surface area contributed by atoms with Gasteiger partial charge in [0.25, 0.3) is 5.91 Å². The predicted molar refractivity (Wildman–Crippen MR) is 125 cm³/mol. The SMILES string of the molecule is Cc1nc(C2CCN(C(=O)c3ccccn3)C2)nc2c1CCC(=O)N2CCc1ccccc1. The van der Waals surface area contributed by atoms with Gasteiger partial charge >= 0.3 is 0 Å². The fourth-order valence-corrected chi connectivity index (χ4v) is 4.71. The number of carbonyl (C=O) groups excluding carboxylic acids is 2. The van der Waals surface area contributed by atoms with Crippen LogP contribution in [0.4, 0.5) is 5.82 Å². The number of nitrogens with zero attached hydrogens (tertiary/aromatic N) is 5. The summed E-state index contributed by atoms with van der Waals surface area (Å²) in [7, 11) is 0. The Kier molecular flexibility index (Phi) is 5.86. The molecule has 1 unspecified atom stereocenters. The average Bonchev–Trinajstić information content (AvgIpc) is 3.34. The first kappa shape index (κ1) is 21.2. The molecule has 2 aliphatic heterocycles. The lowest BCUT2D eigenvalue weighted by Crippen LogP contribution is -2.38. The van der Waals surface area contributed by atoms with E-state index in [4.69, 9.17) is 9.97 Å². The molecule has 1 aromatic carbocycles. The summed E-state index contributed by atoms with van der Waals surface area (Å²) in [6.07, 6.45) is 4.38. The fourth-order valence-electron chi connectivity index (χ4n) is 4.71. The summed E-state index contributed by atoms with van der Waals surface area (Å²) in [6.45, 7) is 3.81. The molecule has 0 aliphatic carbocycles. The lowest BCUT2D eigenvalue weighted by Gasteiger charge is -2.30. The standard InChI is InChI=1S/C26H27N5O2/c1-18-21-10-11-23(32)31(16-12-19-7-3-2-4-8-19)25(21)29-24(28-18)20-13-15-30(17-20)26(33)22-9-5-6-14-27-22/h2-9,14,20H,10-13,15-17H2,1H3. The quantitative estimate of drug-likeness (QED) is 0.607. The molecule has 7 nitrogen and oxygen atoms in total. The average molecular weight is 442 g/mol. The van der Waals surface area contributed by atoms with E-state index in [1.165, 1.54) is 5.56 Å². The number of hydrogen-bond acceptors (Lipinski definition) is 5. The molecule has 2 amide bonds. The smallest absolute Gasteiger partial charge is 0.272 e. The van der Waals surface area contributed by atoms with Crippen LogP contribution in [0.25, 0.3) is 0 Å². The van der Waals surface area contributed by atoms with Gasteiger partial charge in [-0.25, -0.2) is 9.97 Å². The number of hydrogen-bond donors (Lipinski definition) is 0. The van der Waals surface area contributed by atoms with Gasteiger partial charge in [-0.2, -0.15) is 0 Å². The Labute approximate surface area is 193 Å². The van der Waals surface area contributed by atoms with E-state index < -0.39 is 0 Å². The molecule has 168 valence electrons. The summed E-state index contributed by atoms with van der Waals surface area (Å²) >= 11 is 0. The zero-order valence-corrected chi connectivity index (χ0v) is 18.8. The van der Waals surface area contributed by atoms with Crippen molar-refractivity contribution < 1.29 is 9.59 Å². The van der Waals surface area contributed by atoms with Crippen LogP contribution in [0.3, 0.4) is 0 Å². The molecule has 33 heavy (non-hydrogen) atoms. The summed E-state index contributed by atoms with van der Waals surface area (Å²) in [4.78, 5) is 43.2. The molecular weight excluding hydrogens is 414 g/mol. The maximum absolute atomic E-state index is 12.8. The number of anilines is 1. The number of amides is 2. The zero-order chi connectivity index (χ0) is 22.8. The highest BCUT2D eigenvalue weighted by Crippen LogP contribution is 2.32. The first-order chi connectivity index (χ1) is 16.1. The molecule has 2 aliphatic rings. The van der Waals surface area contributed by atoms with Crippen molar-refractivity contribution in [1.29, 1.82) is 0 Å². The second-order valence-corrected chi connectivity index (χ2v) is 8.70. The Balaban J connectivity index is 1.37. The number of fused-ring (bicyclic) bond motifs is 1. The van der Waals surface area contributed by atoms with E-state index in [2.05, 4.69) is 17.1 Å². The number of pyridine rings is 1. The molecule has 0 saturated carbocycles. The zero-order valence-electron chi connectivity index (χ0n) is 18.8. The van der Waals surface area contributed by atoms with Crippen LogP contribution >= 0.6 is 0 Å². The number of rotatable bonds is 5. The van der Waals surface area contributed by atoms with E-state index in [0.29, 0.717) is 38.2 Å². The monoisotopic (exact) mass is 441 g/mol. The van der Waals surface area contributed by atoms with Gasteiger partial charge in [0.15, 0.2) is 0 Å². The van der Waals surface area contributed by atoms with E-state index in [-0.39, 0.29) is 17.7 Å². The second kappa shape index (κ2) is 9.10. The van der Waals surface area contributed by atoms with Gasteiger partial charge in [0.1, 0.15) is 17.3 Å². The summed E-state index contributed by atoms with van der Waals surface area (Å²) < 4.78 is 0. The molecule has 7 heteroatoms. The highest BCUT2D eigenvalue weighted by Gasteiger charge is 2.33. The summed E-state index contributed by atoms with van der Waals surface area (Å²) in [5.41, 5.74) is 3.65. The minimum Gasteiger partial charge on any atom is -0.337 e. The third-order valence-electron chi connectivity index (χ3n) is 6.55. The van der Waals surface area contributed by atoms with E-state index >= 15 is 0 Å². The van der Waals surface area contributed by atoms with Gasteiger partial charge in [-0.15, -0.1) is 0 Å². The topological polar surface area (TPSA) is 79.3 Å². The van der Waals surface area contributed by atoms with Crippen LogP contribution < -0.4 is 4.90 Å². The molecule has 0 radical (unpaired) electrons. The van der Waals surface area contributed by atoms with Gasteiger partial charge in [-0.1, -0.05) is 36.4 Å². The van der Waals surface area contributed by atoms with Crippen molar-refractivity contribution in [3.05, 3.63) is 83.1 Å². The molecule has 1 fully saturated rings. The van der Waals surface area contributed by atoms with Crippen LogP contribution in [0.2, 0.25) is 0 Å². The first-order valence-corrected chi connectivity index (χ1v) is 11.5. The third kappa shape index (κ3) is 4.35. The number of benzene rings is 1. The van der Waals surface area contributed by atoms with Crippen molar-refractivity contribution in [2.45, 2.75) is 38.5 Å². The van der Waals surface area contributed by atoms with Crippen LogP contribution in [-0.2, 0) is 17.6 Å². The van der Waals surface area contributed by atoms with Crippen LogP contribution in [0, 0.1) is 6.92 Å². The number of aryl methyl sites for hydroxylation is 1. The minimum absolute atomic E-state index is 0.0506. The van der Waals surface area contributed by atoms with Gasteiger partial charge in [0, 0.05) is 49.4 Å². The predicted octanol–water partition coefficient (Wildman–Crippen LogP) is 3.33. The molecule has 0 N–H and O–H groups in total. The lowest BCUT2D eigenvalue weighted by molar-refractivity contribution is -0.118. The van der Waals surface area contributed by atoms with Crippen LogP contribution in [0.15, 0.2) is 54.7 Å². The van der Waals surface area contributed by atoms with Gasteiger partial charge in [-0.05, 0) is 43.9 Å². The molecule has 2 aromatic heterocycles. The maximum Gasteiger partial charge on any atom is 0.272 e. The maximum atomic E-state index is 12.8. The Morgan fingerprint density at radius 3 is 2.67 bits per heavy atom. The molecular formula is C26H27N5O2. The molecule has 0 bridgehead atoms. The van der Waals surface area contributed by atoms with Crippen LogP contribution in [0.5, 0.6) is 0 Å². The Hall–Kier alpha value is -3.61. The normalized spacial score (nSPS) is 17.8. The van der Waals surface area contributed by atoms with Gasteiger partial charge in [-0.3, -0.25) is 19.5 Å². The summed E-state index contributed by atoms with van der Waals surface area (Å²) in [5, 5.41) is 0. The van der Waals surface area contributed by atoms with Crippen molar-refractivity contribution in [1.82, 2.24) is 19.9 Å². The summed E-state index contributed by atoms with van der Waals surface area (Å²) in [6, 6.07) is 15.6. The van der Waals surface area contributed by atoms with E-state index in [1.54, 1.807) is 18.3 Å². The van der Waals surface area contributed by atoms with E-state index in [9.17, 15) is 9.59 Å². The Bertz CT molecular complexity index is 1170. The number of likely N-dealkylation sites (tertiary alicyclic amines) is 1. The van der Waals surface area contributed by atoms with Gasteiger partial charge in [0.2, 0.25) is 5.91 Å². The molecule has 5 rings (SSSR count). The highest BCUT2D eigenvalue weighted by molar-refractivity contribution is 5.95. The molecule has 4 heterocycles. The lowest BCUT2D eigenvalue weighted by atomic mass is 10.0. The largest absolute Gasteiger partial charge is 0.337 e. The molecule has 0 spiro atoms. The summed E-state index contributed by atoms with van der Waals surface area (Å²) in [5.74, 6) is 1.57. The number of carbonyl (C=O) groups is 2. The fraction of sp³-hybridized carbons (Fsp3) is 0.346. The first-order valence-electron chi connectivity index (χ1n) is 11.5. The Morgan fingerprint density at radius 2 is 1.88 bits per heavy atom. The van der Waals surface area contributed by atoms with Crippen molar-refractivity contribution in [2.75, 3.05) is 24.5 Å². The molecule has 1 saturated heterocycles. The third-order valence-corrected chi connectivity index (χ3v) is 6.55. The molecule has 1 atom stereocenters. The van der Waals surface area contributed by atoms with E-state index in [0.717, 1.165) is 35.7 Å². The van der Waals surface area contributed by atoms with Gasteiger partial charge in [0.05, 0.1) is 0 Å². The van der Waals surface area contributed by atoms with Crippen molar-refractivity contribution in [3.63, 3.8) is 0 Å². The van der Waals surface area contributed by atoms with Crippen molar-refractivity contribution in [3.8, 4) is 0 Å². The van der Waals surface area contributed by atoms with Crippen LogP contribution in [0.1, 0.15) is 51.9 Å². The van der Waals surface area contributed by atoms with E-state index in [1.807, 2.05) is 41.0 Å². The van der Waals surface area contributed by atoms with Crippen molar-refractivity contribution >= 4 is 17.6 Å². The highest BCUT2D eigenvalue weighted by atomic mass is 16.2. The van der Waals surface area contributed by atoms with Gasteiger partial charge < -0.3 is 4.90 Å².